The Morgan fingerprint density at radius 1 is 1.18 bits per heavy atom. The Morgan fingerprint density at radius 2 is 2.05 bits per heavy atom. The summed E-state index contributed by atoms with van der Waals surface area (Å²) in [6.07, 6.45) is 3.79. The van der Waals surface area contributed by atoms with Crippen LogP contribution in [0.25, 0.3) is 11.5 Å². The van der Waals surface area contributed by atoms with Gasteiger partial charge in [0, 0.05) is 25.5 Å². The Labute approximate surface area is 132 Å². The molecule has 7 heteroatoms. The SMILES string of the molecule is Clc1ccccc1-c1nnc(CN2CC(n3cccn3)C2)o1. The molecule has 3 heterocycles. The number of nitrogens with zero attached hydrogens (tertiary/aromatic N) is 5. The molecule has 1 aliphatic heterocycles. The predicted octanol–water partition coefficient (Wildman–Crippen LogP) is 2.64. The van der Waals surface area contributed by atoms with E-state index >= 15 is 0 Å². The van der Waals surface area contributed by atoms with Gasteiger partial charge in [-0.2, -0.15) is 5.10 Å². The third-order valence-electron chi connectivity index (χ3n) is 3.77. The van der Waals surface area contributed by atoms with Crippen molar-refractivity contribution in [1.29, 1.82) is 0 Å². The standard InChI is InChI=1S/C15H14ClN5O/c16-13-5-2-1-4-12(13)15-19-18-14(22-15)10-20-8-11(9-20)21-7-3-6-17-21/h1-7,11H,8-10H2. The van der Waals surface area contributed by atoms with E-state index in [4.69, 9.17) is 16.0 Å². The lowest BCUT2D eigenvalue weighted by atomic mass is 10.1. The summed E-state index contributed by atoms with van der Waals surface area (Å²) >= 11 is 6.14. The van der Waals surface area contributed by atoms with Gasteiger partial charge in [-0.25, -0.2) is 0 Å². The lowest BCUT2D eigenvalue weighted by Crippen LogP contribution is -2.47. The molecule has 0 unspecified atom stereocenters. The number of benzene rings is 1. The minimum atomic E-state index is 0.431. The van der Waals surface area contributed by atoms with Crippen molar-refractivity contribution in [3.8, 4) is 11.5 Å². The average molecular weight is 316 g/mol. The molecule has 0 atom stereocenters. The van der Waals surface area contributed by atoms with E-state index in [1.807, 2.05) is 41.2 Å². The van der Waals surface area contributed by atoms with Crippen molar-refractivity contribution < 1.29 is 4.42 Å². The van der Waals surface area contributed by atoms with Gasteiger partial charge in [0.25, 0.3) is 0 Å². The molecule has 1 fully saturated rings. The molecule has 0 aliphatic carbocycles. The molecule has 4 rings (SSSR count). The molecule has 6 nitrogen and oxygen atoms in total. The molecule has 1 aromatic carbocycles. The van der Waals surface area contributed by atoms with Crippen molar-refractivity contribution in [2.75, 3.05) is 13.1 Å². The van der Waals surface area contributed by atoms with Crippen LogP contribution in [0.2, 0.25) is 5.02 Å². The number of hydrogen-bond acceptors (Lipinski definition) is 5. The fourth-order valence-electron chi connectivity index (χ4n) is 2.59. The normalized spacial score (nSPS) is 15.9. The molecule has 0 spiro atoms. The molecule has 0 amide bonds. The van der Waals surface area contributed by atoms with Gasteiger partial charge in [0.1, 0.15) is 0 Å². The summed E-state index contributed by atoms with van der Waals surface area (Å²) in [4.78, 5) is 2.25. The minimum absolute atomic E-state index is 0.431. The molecule has 0 bridgehead atoms. The van der Waals surface area contributed by atoms with Gasteiger partial charge in [0.05, 0.1) is 23.2 Å². The van der Waals surface area contributed by atoms with Crippen molar-refractivity contribution in [3.63, 3.8) is 0 Å². The van der Waals surface area contributed by atoms with E-state index in [1.54, 1.807) is 6.20 Å². The highest BCUT2D eigenvalue weighted by Crippen LogP contribution is 2.27. The molecule has 1 saturated heterocycles. The fourth-order valence-corrected chi connectivity index (χ4v) is 2.80. The number of hydrogen-bond donors (Lipinski definition) is 0. The van der Waals surface area contributed by atoms with Crippen LogP contribution in [-0.4, -0.2) is 38.0 Å². The van der Waals surface area contributed by atoms with E-state index in [1.165, 1.54) is 0 Å². The van der Waals surface area contributed by atoms with Crippen LogP contribution in [0.4, 0.5) is 0 Å². The topological polar surface area (TPSA) is 60.0 Å². The van der Waals surface area contributed by atoms with Gasteiger partial charge in [-0.3, -0.25) is 9.58 Å². The van der Waals surface area contributed by atoms with Crippen molar-refractivity contribution in [1.82, 2.24) is 24.9 Å². The van der Waals surface area contributed by atoms with Gasteiger partial charge in [-0.15, -0.1) is 10.2 Å². The van der Waals surface area contributed by atoms with Crippen LogP contribution in [0, 0.1) is 0 Å². The summed E-state index contributed by atoms with van der Waals surface area (Å²) in [5.41, 5.74) is 0.765. The summed E-state index contributed by atoms with van der Waals surface area (Å²) < 4.78 is 7.70. The Balaban J connectivity index is 1.40. The number of halogens is 1. The lowest BCUT2D eigenvalue weighted by Gasteiger charge is -2.38. The minimum Gasteiger partial charge on any atom is -0.419 e. The number of aromatic nitrogens is 4. The van der Waals surface area contributed by atoms with Crippen molar-refractivity contribution in [3.05, 3.63) is 53.6 Å². The Hall–Kier alpha value is -2.18. The summed E-state index contributed by atoms with van der Waals surface area (Å²) in [5.74, 6) is 1.07. The van der Waals surface area contributed by atoms with Crippen LogP contribution in [0.1, 0.15) is 11.9 Å². The molecule has 0 N–H and O–H groups in total. The van der Waals surface area contributed by atoms with Crippen LogP contribution >= 0.6 is 11.6 Å². The van der Waals surface area contributed by atoms with Crippen LogP contribution in [0.15, 0.2) is 47.1 Å². The smallest absolute Gasteiger partial charge is 0.249 e. The zero-order valence-electron chi connectivity index (χ0n) is 11.8. The summed E-state index contributed by atoms with van der Waals surface area (Å²) in [6, 6.07) is 9.83. The van der Waals surface area contributed by atoms with Gasteiger partial charge >= 0.3 is 0 Å². The van der Waals surface area contributed by atoms with Crippen LogP contribution in [0.5, 0.6) is 0 Å². The molecule has 2 aromatic heterocycles. The summed E-state index contributed by atoms with van der Waals surface area (Å²) in [6.45, 7) is 2.52. The second kappa shape index (κ2) is 5.55. The highest BCUT2D eigenvalue weighted by atomic mass is 35.5. The van der Waals surface area contributed by atoms with Gasteiger partial charge in [-0.05, 0) is 18.2 Å². The quantitative estimate of drug-likeness (QED) is 0.740. The molecular formula is C15H14ClN5O. The van der Waals surface area contributed by atoms with Gasteiger partial charge in [0.15, 0.2) is 0 Å². The largest absolute Gasteiger partial charge is 0.419 e. The van der Waals surface area contributed by atoms with Gasteiger partial charge in [-0.1, -0.05) is 23.7 Å². The molecule has 0 radical (unpaired) electrons. The molecule has 3 aromatic rings. The first-order valence-corrected chi connectivity index (χ1v) is 7.46. The van der Waals surface area contributed by atoms with E-state index < -0.39 is 0 Å². The second-order valence-corrected chi connectivity index (χ2v) is 5.72. The molecular weight excluding hydrogens is 302 g/mol. The molecule has 1 aliphatic rings. The third-order valence-corrected chi connectivity index (χ3v) is 4.10. The molecule has 0 saturated carbocycles. The third kappa shape index (κ3) is 2.51. The first-order chi connectivity index (χ1) is 10.8. The van der Waals surface area contributed by atoms with Gasteiger partial charge < -0.3 is 4.42 Å². The zero-order chi connectivity index (χ0) is 14.9. The van der Waals surface area contributed by atoms with Crippen LogP contribution < -0.4 is 0 Å². The first-order valence-electron chi connectivity index (χ1n) is 7.08. The Kier molecular flexibility index (Phi) is 3.40. The Morgan fingerprint density at radius 3 is 2.82 bits per heavy atom. The first kappa shape index (κ1) is 13.5. The number of rotatable bonds is 4. The molecule has 22 heavy (non-hydrogen) atoms. The summed E-state index contributed by atoms with van der Waals surface area (Å²) in [5, 5.41) is 13.1. The maximum atomic E-state index is 6.14. The van der Waals surface area contributed by atoms with Crippen molar-refractivity contribution in [2.45, 2.75) is 12.6 Å². The van der Waals surface area contributed by atoms with Crippen LogP contribution in [0.3, 0.4) is 0 Å². The van der Waals surface area contributed by atoms with Crippen molar-refractivity contribution in [2.24, 2.45) is 0 Å². The van der Waals surface area contributed by atoms with E-state index in [-0.39, 0.29) is 0 Å². The zero-order valence-corrected chi connectivity index (χ0v) is 12.5. The summed E-state index contributed by atoms with van der Waals surface area (Å²) in [7, 11) is 0. The van der Waals surface area contributed by atoms with Crippen LogP contribution in [-0.2, 0) is 6.54 Å². The monoisotopic (exact) mass is 315 g/mol. The lowest BCUT2D eigenvalue weighted by molar-refractivity contribution is 0.0817. The highest BCUT2D eigenvalue weighted by molar-refractivity contribution is 6.33. The van der Waals surface area contributed by atoms with Crippen molar-refractivity contribution >= 4 is 11.6 Å². The maximum Gasteiger partial charge on any atom is 0.249 e. The Bertz CT molecular complexity index is 764. The second-order valence-electron chi connectivity index (χ2n) is 5.31. The molecule has 112 valence electrons. The maximum absolute atomic E-state index is 6.14. The average Bonchev–Trinajstić information content (AvgIpc) is 3.14. The van der Waals surface area contributed by atoms with Gasteiger partial charge in [0.2, 0.25) is 11.8 Å². The van der Waals surface area contributed by atoms with E-state index in [0.717, 1.165) is 18.7 Å². The fraction of sp³-hybridized carbons (Fsp3) is 0.267. The number of likely N-dealkylation sites (tertiary alicyclic amines) is 1. The van der Waals surface area contributed by atoms with E-state index in [2.05, 4.69) is 20.2 Å². The van der Waals surface area contributed by atoms with E-state index in [9.17, 15) is 0 Å². The predicted molar refractivity (Wildman–Crippen MR) is 81.3 cm³/mol. The highest BCUT2D eigenvalue weighted by Gasteiger charge is 2.29. The van der Waals surface area contributed by atoms with E-state index in [0.29, 0.717) is 29.4 Å².